The number of halogens is 1. The molecule has 1 aromatic heterocycles. The van der Waals surface area contributed by atoms with E-state index in [0.717, 1.165) is 21.3 Å². The van der Waals surface area contributed by atoms with E-state index in [2.05, 4.69) is 20.9 Å². The van der Waals surface area contributed by atoms with E-state index >= 15 is 0 Å². The smallest absolute Gasteiger partial charge is 0.125 e. The van der Waals surface area contributed by atoms with E-state index in [1.807, 2.05) is 37.3 Å². The summed E-state index contributed by atoms with van der Waals surface area (Å²) in [5, 5.41) is 10.4. The van der Waals surface area contributed by atoms with Crippen LogP contribution in [0.2, 0.25) is 0 Å². The summed E-state index contributed by atoms with van der Waals surface area (Å²) in [6, 6.07) is 9.30. The van der Waals surface area contributed by atoms with Crippen molar-refractivity contribution in [1.29, 1.82) is 0 Å². The summed E-state index contributed by atoms with van der Waals surface area (Å²) in [6.45, 7) is 1.91. The molecule has 2 aromatic rings. The van der Waals surface area contributed by atoms with E-state index in [1.165, 1.54) is 0 Å². The van der Waals surface area contributed by atoms with Crippen LogP contribution in [0.5, 0.6) is 5.75 Å². The Morgan fingerprint density at radius 3 is 2.67 bits per heavy atom. The van der Waals surface area contributed by atoms with Gasteiger partial charge in [0.2, 0.25) is 0 Å². The van der Waals surface area contributed by atoms with Crippen molar-refractivity contribution in [2.45, 2.75) is 13.0 Å². The molecule has 3 nitrogen and oxygen atoms in total. The third-order valence-electron chi connectivity index (χ3n) is 2.74. The summed E-state index contributed by atoms with van der Waals surface area (Å²) in [4.78, 5) is 4.19. The van der Waals surface area contributed by atoms with Crippen molar-refractivity contribution in [3.63, 3.8) is 0 Å². The summed E-state index contributed by atoms with van der Waals surface area (Å²) in [6.07, 6.45) is 0.936. The molecule has 0 aliphatic heterocycles. The SMILES string of the molecule is COc1ccc(Br)cc1C(O)c1ccc(C)nc1. The highest BCUT2D eigenvalue weighted by atomic mass is 79.9. The van der Waals surface area contributed by atoms with Gasteiger partial charge in [-0.05, 0) is 31.2 Å². The molecule has 1 heterocycles. The molecule has 1 unspecified atom stereocenters. The molecule has 0 aliphatic carbocycles. The summed E-state index contributed by atoms with van der Waals surface area (Å²) in [5.41, 5.74) is 2.39. The third-order valence-corrected chi connectivity index (χ3v) is 3.23. The van der Waals surface area contributed by atoms with Gasteiger partial charge in [-0.25, -0.2) is 0 Å². The van der Waals surface area contributed by atoms with Crippen LogP contribution in [-0.4, -0.2) is 17.2 Å². The van der Waals surface area contributed by atoms with Gasteiger partial charge in [0.05, 0.1) is 7.11 Å². The molecule has 18 heavy (non-hydrogen) atoms. The van der Waals surface area contributed by atoms with Crippen LogP contribution in [0.3, 0.4) is 0 Å². The van der Waals surface area contributed by atoms with Crippen molar-refractivity contribution >= 4 is 15.9 Å². The molecule has 0 spiro atoms. The molecule has 0 bridgehead atoms. The van der Waals surface area contributed by atoms with Crippen molar-refractivity contribution in [2.75, 3.05) is 7.11 Å². The minimum absolute atomic E-state index is 0.659. The molecule has 2 rings (SSSR count). The van der Waals surface area contributed by atoms with Crippen LogP contribution in [0.1, 0.15) is 22.9 Å². The zero-order chi connectivity index (χ0) is 13.1. The van der Waals surface area contributed by atoms with E-state index in [-0.39, 0.29) is 0 Å². The van der Waals surface area contributed by atoms with Crippen LogP contribution in [-0.2, 0) is 0 Å². The predicted molar refractivity (Wildman–Crippen MR) is 73.7 cm³/mol. The minimum Gasteiger partial charge on any atom is -0.496 e. The second-order valence-corrected chi connectivity index (χ2v) is 4.94. The predicted octanol–water partition coefficient (Wildman–Crippen LogP) is 3.24. The lowest BCUT2D eigenvalue weighted by Crippen LogP contribution is -2.03. The van der Waals surface area contributed by atoms with Crippen LogP contribution in [0.15, 0.2) is 41.0 Å². The van der Waals surface area contributed by atoms with E-state index < -0.39 is 6.10 Å². The number of nitrogens with zero attached hydrogens (tertiary/aromatic N) is 1. The highest BCUT2D eigenvalue weighted by molar-refractivity contribution is 9.10. The van der Waals surface area contributed by atoms with Gasteiger partial charge in [-0.15, -0.1) is 0 Å². The van der Waals surface area contributed by atoms with E-state index in [4.69, 9.17) is 4.74 Å². The first-order chi connectivity index (χ1) is 8.61. The average Bonchev–Trinajstić information content (AvgIpc) is 2.39. The van der Waals surface area contributed by atoms with Crippen LogP contribution >= 0.6 is 15.9 Å². The highest BCUT2D eigenvalue weighted by Gasteiger charge is 2.16. The second kappa shape index (κ2) is 5.50. The van der Waals surface area contributed by atoms with E-state index in [0.29, 0.717) is 5.75 Å². The Labute approximate surface area is 115 Å². The zero-order valence-corrected chi connectivity index (χ0v) is 11.8. The molecule has 1 N–H and O–H groups in total. The number of aliphatic hydroxyl groups excluding tert-OH is 1. The average molecular weight is 308 g/mol. The number of aryl methyl sites for hydroxylation is 1. The number of aromatic nitrogens is 1. The number of rotatable bonds is 3. The van der Waals surface area contributed by atoms with Crippen molar-refractivity contribution in [2.24, 2.45) is 0 Å². The first-order valence-electron chi connectivity index (χ1n) is 5.56. The number of hydrogen-bond acceptors (Lipinski definition) is 3. The summed E-state index contributed by atoms with van der Waals surface area (Å²) in [5.74, 6) is 0.659. The second-order valence-electron chi connectivity index (χ2n) is 4.02. The molecule has 94 valence electrons. The number of benzene rings is 1. The Bertz CT molecular complexity index is 540. The van der Waals surface area contributed by atoms with Crippen LogP contribution in [0, 0.1) is 6.92 Å². The van der Waals surface area contributed by atoms with Crippen LogP contribution < -0.4 is 4.74 Å². The van der Waals surface area contributed by atoms with Crippen molar-refractivity contribution in [3.8, 4) is 5.75 Å². The molecule has 0 amide bonds. The monoisotopic (exact) mass is 307 g/mol. The Hall–Kier alpha value is -1.39. The Morgan fingerprint density at radius 2 is 2.06 bits per heavy atom. The first-order valence-corrected chi connectivity index (χ1v) is 6.35. The van der Waals surface area contributed by atoms with Crippen LogP contribution in [0.25, 0.3) is 0 Å². The normalized spacial score (nSPS) is 12.2. The van der Waals surface area contributed by atoms with E-state index in [9.17, 15) is 5.11 Å². The van der Waals surface area contributed by atoms with E-state index in [1.54, 1.807) is 13.3 Å². The van der Waals surface area contributed by atoms with Gasteiger partial charge < -0.3 is 9.84 Å². The Morgan fingerprint density at radius 1 is 1.28 bits per heavy atom. The van der Waals surface area contributed by atoms with Gasteiger partial charge in [0.15, 0.2) is 0 Å². The van der Waals surface area contributed by atoms with Crippen LogP contribution in [0.4, 0.5) is 0 Å². The maximum absolute atomic E-state index is 10.4. The molecule has 0 radical (unpaired) electrons. The molecule has 0 saturated carbocycles. The van der Waals surface area contributed by atoms with Gasteiger partial charge in [-0.2, -0.15) is 0 Å². The molecular formula is C14H14BrNO2. The molecule has 0 saturated heterocycles. The maximum atomic E-state index is 10.4. The van der Waals surface area contributed by atoms with Crippen molar-refractivity contribution in [1.82, 2.24) is 4.98 Å². The summed E-state index contributed by atoms with van der Waals surface area (Å²) >= 11 is 3.40. The third kappa shape index (κ3) is 2.71. The fourth-order valence-electron chi connectivity index (χ4n) is 1.74. The van der Waals surface area contributed by atoms with Gasteiger partial charge >= 0.3 is 0 Å². The lowest BCUT2D eigenvalue weighted by atomic mass is 10.0. The van der Waals surface area contributed by atoms with Crippen molar-refractivity contribution < 1.29 is 9.84 Å². The zero-order valence-electron chi connectivity index (χ0n) is 10.2. The molecule has 0 fully saturated rings. The number of methoxy groups -OCH3 is 1. The van der Waals surface area contributed by atoms with Gasteiger partial charge in [0.25, 0.3) is 0 Å². The number of pyridine rings is 1. The minimum atomic E-state index is -0.745. The molecule has 0 aliphatic rings. The first kappa shape index (κ1) is 13.1. The fourth-order valence-corrected chi connectivity index (χ4v) is 2.12. The van der Waals surface area contributed by atoms with Gasteiger partial charge in [0.1, 0.15) is 11.9 Å². The number of ether oxygens (including phenoxy) is 1. The van der Waals surface area contributed by atoms with Crippen molar-refractivity contribution in [3.05, 3.63) is 57.8 Å². The Balaban J connectivity index is 2.41. The maximum Gasteiger partial charge on any atom is 0.125 e. The standard InChI is InChI=1S/C14H14BrNO2/c1-9-3-4-10(8-16-9)14(17)12-7-11(15)5-6-13(12)18-2/h3-8,14,17H,1-2H3. The largest absolute Gasteiger partial charge is 0.496 e. The number of aliphatic hydroxyl groups is 1. The molecule has 4 heteroatoms. The Kier molecular flexibility index (Phi) is 3.99. The van der Waals surface area contributed by atoms with Gasteiger partial charge in [-0.3, -0.25) is 4.98 Å². The summed E-state index contributed by atoms with van der Waals surface area (Å²) in [7, 11) is 1.59. The fraction of sp³-hybridized carbons (Fsp3) is 0.214. The highest BCUT2D eigenvalue weighted by Crippen LogP contribution is 2.32. The quantitative estimate of drug-likeness (QED) is 0.946. The molecular weight excluding hydrogens is 294 g/mol. The topological polar surface area (TPSA) is 42.4 Å². The summed E-state index contributed by atoms with van der Waals surface area (Å²) < 4.78 is 6.17. The lowest BCUT2D eigenvalue weighted by Gasteiger charge is -2.15. The number of hydrogen-bond donors (Lipinski definition) is 1. The molecule has 1 atom stereocenters. The van der Waals surface area contributed by atoms with Gasteiger partial charge in [0, 0.05) is 27.5 Å². The lowest BCUT2D eigenvalue weighted by molar-refractivity contribution is 0.214. The molecule has 1 aromatic carbocycles. The van der Waals surface area contributed by atoms with Gasteiger partial charge in [-0.1, -0.05) is 22.0 Å².